The molecule has 0 bridgehead atoms. The van der Waals surface area contributed by atoms with Gasteiger partial charge in [-0.3, -0.25) is 0 Å². The lowest BCUT2D eigenvalue weighted by Crippen LogP contribution is -1.73. The Morgan fingerprint density at radius 3 is 2.78 bits per heavy atom. The van der Waals surface area contributed by atoms with E-state index in [9.17, 15) is 0 Å². The minimum absolute atomic E-state index is 0.0478. The Balaban J connectivity index is 2.86. The summed E-state index contributed by atoms with van der Waals surface area (Å²) >= 11 is 0. The zero-order valence-corrected chi connectivity index (χ0v) is 5.00. The molecule has 2 nitrogen and oxygen atoms in total. The minimum Gasteiger partial charge on any atom is -0.459 e. The number of aliphatic hydroxyl groups is 1. The molecule has 0 atom stereocenters. The number of hydrogen-bond donors (Lipinski definition) is 1. The van der Waals surface area contributed by atoms with Crippen molar-refractivity contribution >= 4 is 6.08 Å². The van der Waals surface area contributed by atoms with Crippen LogP contribution in [0, 0.1) is 0 Å². The first-order valence-corrected chi connectivity index (χ1v) is 2.69. The molecule has 0 saturated carbocycles. The highest BCUT2D eigenvalue weighted by molar-refractivity contribution is 5.39. The predicted molar refractivity (Wildman–Crippen MR) is 34.7 cm³/mol. The van der Waals surface area contributed by atoms with Crippen molar-refractivity contribution in [3.8, 4) is 0 Å². The van der Waals surface area contributed by atoms with Gasteiger partial charge >= 0.3 is 0 Å². The van der Waals surface area contributed by atoms with Gasteiger partial charge in [-0.1, -0.05) is 6.58 Å². The second-order valence-corrected chi connectivity index (χ2v) is 1.67. The van der Waals surface area contributed by atoms with Crippen molar-refractivity contribution in [2.75, 3.05) is 0 Å². The second kappa shape index (κ2) is 2.51. The van der Waals surface area contributed by atoms with Crippen molar-refractivity contribution in [2.45, 2.75) is 6.61 Å². The van der Waals surface area contributed by atoms with Gasteiger partial charge in [-0.05, 0) is 18.2 Å². The molecule has 1 aromatic rings. The van der Waals surface area contributed by atoms with E-state index >= 15 is 0 Å². The Labute approximate surface area is 53.4 Å². The Hall–Kier alpha value is -1.02. The molecule has 2 heteroatoms. The van der Waals surface area contributed by atoms with Gasteiger partial charge in [-0.2, -0.15) is 0 Å². The topological polar surface area (TPSA) is 33.4 Å². The molecule has 0 aliphatic rings. The van der Waals surface area contributed by atoms with Crippen LogP contribution >= 0.6 is 0 Å². The summed E-state index contributed by atoms with van der Waals surface area (Å²) in [6.45, 7) is 3.46. The molecule has 0 aliphatic carbocycles. The highest BCUT2D eigenvalue weighted by atomic mass is 16.4. The highest BCUT2D eigenvalue weighted by Crippen LogP contribution is 2.07. The molecule has 0 aliphatic heterocycles. The van der Waals surface area contributed by atoms with Gasteiger partial charge < -0.3 is 9.52 Å². The van der Waals surface area contributed by atoms with E-state index in [-0.39, 0.29) is 6.61 Å². The van der Waals surface area contributed by atoms with Crippen LogP contribution in [0.2, 0.25) is 0 Å². The van der Waals surface area contributed by atoms with E-state index in [4.69, 9.17) is 9.52 Å². The molecule has 1 aromatic heterocycles. The minimum atomic E-state index is -0.0478. The number of aliphatic hydroxyl groups excluding tert-OH is 1. The summed E-state index contributed by atoms with van der Waals surface area (Å²) in [6, 6.07) is 3.48. The average Bonchev–Trinajstić information content (AvgIpc) is 2.34. The van der Waals surface area contributed by atoms with Gasteiger partial charge in [0.2, 0.25) is 0 Å². The summed E-state index contributed by atoms with van der Waals surface area (Å²) in [5.74, 6) is 1.27. The largest absolute Gasteiger partial charge is 0.459 e. The average molecular weight is 124 g/mol. The summed E-state index contributed by atoms with van der Waals surface area (Å²) in [6.07, 6.45) is 1.60. The number of furan rings is 1. The Morgan fingerprint density at radius 1 is 1.67 bits per heavy atom. The van der Waals surface area contributed by atoms with E-state index in [2.05, 4.69) is 6.58 Å². The molecule has 0 fully saturated rings. The molecular weight excluding hydrogens is 116 g/mol. The zero-order valence-electron chi connectivity index (χ0n) is 5.00. The van der Waals surface area contributed by atoms with E-state index in [0.717, 1.165) is 0 Å². The predicted octanol–water partition coefficient (Wildman–Crippen LogP) is 1.41. The maximum atomic E-state index is 8.52. The van der Waals surface area contributed by atoms with Crippen LogP contribution < -0.4 is 0 Å². The fraction of sp³-hybridized carbons (Fsp3) is 0.143. The number of rotatable bonds is 2. The lowest BCUT2D eigenvalue weighted by molar-refractivity contribution is 0.246. The van der Waals surface area contributed by atoms with Gasteiger partial charge in [-0.25, -0.2) is 0 Å². The Kier molecular flexibility index (Phi) is 1.70. The molecule has 48 valence electrons. The third-order valence-corrected chi connectivity index (χ3v) is 1.04. The van der Waals surface area contributed by atoms with E-state index in [1.165, 1.54) is 0 Å². The van der Waals surface area contributed by atoms with Gasteiger partial charge in [0.25, 0.3) is 0 Å². The molecular formula is C7H8O2. The Morgan fingerprint density at radius 2 is 2.44 bits per heavy atom. The van der Waals surface area contributed by atoms with Crippen molar-refractivity contribution in [3.05, 3.63) is 30.2 Å². The summed E-state index contributed by atoms with van der Waals surface area (Å²) in [5.41, 5.74) is 0. The van der Waals surface area contributed by atoms with Gasteiger partial charge in [0.05, 0.1) is 0 Å². The second-order valence-electron chi connectivity index (χ2n) is 1.67. The van der Waals surface area contributed by atoms with Crippen LogP contribution in [0.1, 0.15) is 11.5 Å². The molecule has 1 rings (SSSR count). The maximum absolute atomic E-state index is 8.52. The maximum Gasteiger partial charge on any atom is 0.130 e. The zero-order chi connectivity index (χ0) is 6.69. The van der Waals surface area contributed by atoms with E-state index in [0.29, 0.717) is 11.5 Å². The highest BCUT2D eigenvalue weighted by Gasteiger charge is 1.93. The van der Waals surface area contributed by atoms with Crippen molar-refractivity contribution in [1.29, 1.82) is 0 Å². The van der Waals surface area contributed by atoms with E-state index < -0.39 is 0 Å². The fourth-order valence-electron chi connectivity index (χ4n) is 0.589. The molecule has 0 saturated heterocycles. The van der Waals surface area contributed by atoms with Crippen molar-refractivity contribution in [2.24, 2.45) is 0 Å². The molecule has 0 spiro atoms. The smallest absolute Gasteiger partial charge is 0.130 e. The normalized spacial score (nSPS) is 9.44. The van der Waals surface area contributed by atoms with Crippen LogP contribution in [-0.2, 0) is 6.61 Å². The molecule has 0 radical (unpaired) electrons. The quantitative estimate of drug-likeness (QED) is 0.646. The van der Waals surface area contributed by atoms with Crippen molar-refractivity contribution in [3.63, 3.8) is 0 Å². The SMILES string of the molecule is C=Cc1ccc(CO)o1. The molecule has 0 amide bonds. The Bertz CT molecular complexity index is 200. The first-order chi connectivity index (χ1) is 4.36. The van der Waals surface area contributed by atoms with Gasteiger partial charge in [0.1, 0.15) is 18.1 Å². The van der Waals surface area contributed by atoms with Crippen LogP contribution in [0.5, 0.6) is 0 Å². The van der Waals surface area contributed by atoms with E-state index in [1.54, 1.807) is 18.2 Å². The first kappa shape index (κ1) is 6.11. The third kappa shape index (κ3) is 1.21. The monoisotopic (exact) mass is 124 g/mol. The van der Waals surface area contributed by atoms with Crippen LogP contribution in [0.25, 0.3) is 6.08 Å². The number of hydrogen-bond acceptors (Lipinski definition) is 2. The molecule has 9 heavy (non-hydrogen) atoms. The lowest BCUT2D eigenvalue weighted by atomic mass is 10.4. The lowest BCUT2D eigenvalue weighted by Gasteiger charge is -1.83. The van der Waals surface area contributed by atoms with Crippen molar-refractivity contribution < 1.29 is 9.52 Å². The summed E-state index contributed by atoms with van der Waals surface area (Å²) < 4.78 is 5.01. The van der Waals surface area contributed by atoms with Gasteiger partial charge in [-0.15, -0.1) is 0 Å². The van der Waals surface area contributed by atoms with Crippen LogP contribution in [0.4, 0.5) is 0 Å². The third-order valence-electron chi connectivity index (χ3n) is 1.04. The summed E-state index contributed by atoms with van der Waals surface area (Å²) in [7, 11) is 0. The molecule has 0 unspecified atom stereocenters. The fourth-order valence-corrected chi connectivity index (χ4v) is 0.589. The van der Waals surface area contributed by atoms with Crippen LogP contribution in [0.3, 0.4) is 0 Å². The van der Waals surface area contributed by atoms with Crippen LogP contribution in [-0.4, -0.2) is 5.11 Å². The summed E-state index contributed by atoms with van der Waals surface area (Å²) in [4.78, 5) is 0. The molecule has 0 aromatic carbocycles. The molecule has 1 heterocycles. The van der Waals surface area contributed by atoms with Crippen molar-refractivity contribution in [1.82, 2.24) is 0 Å². The van der Waals surface area contributed by atoms with Crippen LogP contribution in [0.15, 0.2) is 23.1 Å². The van der Waals surface area contributed by atoms with Gasteiger partial charge in [0, 0.05) is 0 Å². The standard InChI is InChI=1S/C7H8O2/c1-2-6-3-4-7(5-8)9-6/h2-4,8H,1,5H2. The summed E-state index contributed by atoms with van der Waals surface area (Å²) in [5, 5.41) is 8.52. The molecule has 1 N–H and O–H groups in total. The van der Waals surface area contributed by atoms with Gasteiger partial charge in [0.15, 0.2) is 0 Å². The van der Waals surface area contributed by atoms with E-state index in [1.807, 2.05) is 0 Å². The first-order valence-electron chi connectivity index (χ1n) is 2.69.